The quantitative estimate of drug-likeness (QED) is 0.801. The Morgan fingerprint density at radius 1 is 0.833 bits per heavy atom. The molecule has 0 aliphatic rings. The number of rotatable bonds is 4. The lowest BCUT2D eigenvalue weighted by molar-refractivity contribution is 0.416. The van der Waals surface area contributed by atoms with Crippen LogP contribution in [0.5, 0.6) is 5.75 Å². The molecule has 0 amide bonds. The smallest absolute Gasteiger partial charge is 0.141 e. The maximum atomic E-state index is 9.70. The van der Waals surface area contributed by atoms with Crippen molar-refractivity contribution >= 4 is 11.4 Å². The average Bonchev–Trinajstić information content (AvgIpc) is 2.42. The lowest BCUT2D eigenvalue weighted by atomic mass is 10.1. The van der Waals surface area contributed by atoms with E-state index in [-0.39, 0.29) is 0 Å². The first-order chi connectivity index (χ1) is 8.73. The van der Waals surface area contributed by atoms with Crippen molar-refractivity contribution < 1.29 is 5.11 Å². The molecule has 2 heteroatoms. The van der Waals surface area contributed by atoms with E-state index in [0.717, 1.165) is 23.3 Å². The van der Waals surface area contributed by atoms with Crippen molar-refractivity contribution in [2.24, 2.45) is 0 Å². The van der Waals surface area contributed by atoms with Crippen LogP contribution < -0.4 is 4.48 Å². The molecule has 0 spiro atoms. The molecule has 2 nitrogen and oxygen atoms in total. The fourth-order valence-electron chi connectivity index (χ4n) is 2.58. The molecule has 0 heterocycles. The van der Waals surface area contributed by atoms with Crippen molar-refractivity contribution in [3.8, 4) is 5.75 Å². The highest BCUT2D eigenvalue weighted by Crippen LogP contribution is 2.35. The minimum Gasteiger partial charge on any atom is -0.508 e. The zero-order valence-electron chi connectivity index (χ0n) is 11.0. The molecular weight excluding hydrogens is 222 g/mol. The Labute approximate surface area is 109 Å². The summed E-state index contributed by atoms with van der Waals surface area (Å²) < 4.78 is 0.759. The van der Waals surface area contributed by atoms with Crippen LogP contribution in [-0.2, 0) is 0 Å². The highest BCUT2D eigenvalue weighted by Gasteiger charge is 2.29. The molecule has 94 valence electrons. The van der Waals surface area contributed by atoms with Gasteiger partial charge in [0.2, 0.25) is 0 Å². The van der Waals surface area contributed by atoms with Crippen LogP contribution in [0.3, 0.4) is 0 Å². The van der Waals surface area contributed by atoms with Crippen molar-refractivity contribution in [2.45, 2.75) is 13.8 Å². The van der Waals surface area contributed by atoms with Gasteiger partial charge in [-0.15, -0.1) is 0 Å². The van der Waals surface area contributed by atoms with E-state index in [9.17, 15) is 5.11 Å². The summed E-state index contributed by atoms with van der Waals surface area (Å²) in [5, 5.41) is 9.70. The van der Waals surface area contributed by atoms with Crippen molar-refractivity contribution in [3.63, 3.8) is 0 Å². The molecule has 0 aromatic heterocycles. The van der Waals surface area contributed by atoms with E-state index < -0.39 is 0 Å². The zero-order chi connectivity index (χ0) is 13.0. The summed E-state index contributed by atoms with van der Waals surface area (Å²) in [6.07, 6.45) is 0. The SMILES string of the molecule is CC[N+](CC)(c1ccccc1)c1cccc(O)c1. The molecule has 2 aromatic carbocycles. The van der Waals surface area contributed by atoms with Gasteiger partial charge in [0, 0.05) is 6.07 Å². The number of hydrogen-bond acceptors (Lipinski definition) is 1. The molecule has 2 aromatic rings. The van der Waals surface area contributed by atoms with Gasteiger partial charge in [-0.25, -0.2) is 0 Å². The number of quaternary nitrogens is 1. The molecule has 0 unspecified atom stereocenters. The van der Waals surface area contributed by atoms with E-state index in [4.69, 9.17) is 0 Å². The lowest BCUT2D eigenvalue weighted by Gasteiger charge is -2.35. The van der Waals surface area contributed by atoms with Gasteiger partial charge in [0.05, 0.1) is 13.1 Å². The van der Waals surface area contributed by atoms with Gasteiger partial charge in [-0.3, -0.25) is 4.48 Å². The van der Waals surface area contributed by atoms with Gasteiger partial charge in [0.1, 0.15) is 17.1 Å². The van der Waals surface area contributed by atoms with E-state index in [2.05, 4.69) is 44.2 Å². The maximum absolute atomic E-state index is 9.70. The zero-order valence-corrected chi connectivity index (χ0v) is 11.0. The monoisotopic (exact) mass is 242 g/mol. The molecule has 0 fully saturated rings. The summed E-state index contributed by atoms with van der Waals surface area (Å²) in [4.78, 5) is 0. The number of nitrogens with zero attached hydrogens (tertiary/aromatic N) is 1. The number of benzene rings is 2. The second kappa shape index (κ2) is 5.23. The Morgan fingerprint density at radius 2 is 1.44 bits per heavy atom. The summed E-state index contributed by atoms with van der Waals surface area (Å²) >= 11 is 0. The Balaban J connectivity index is 2.57. The highest BCUT2D eigenvalue weighted by molar-refractivity contribution is 5.59. The molecule has 2 rings (SSSR count). The summed E-state index contributed by atoms with van der Waals surface area (Å²) in [5.74, 6) is 0.327. The summed E-state index contributed by atoms with van der Waals surface area (Å²) in [7, 11) is 0. The molecule has 0 saturated heterocycles. The van der Waals surface area contributed by atoms with E-state index in [1.54, 1.807) is 6.07 Å². The van der Waals surface area contributed by atoms with Gasteiger partial charge < -0.3 is 5.11 Å². The fourth-order valence-corrected chi connectivity index (χ4v) is 2.58. The first-order valence-electron chi connectivity index (χ1n) is 6.45. The van der Waals surface area contributed by atoms with E-state index in [1.165, 1.54) is 5.69 Å². The fraction of sp³-hybridized carbons (Fsp3) is 0.250. The standard InChI is InChI=1S/C16H19NO/c1-3-17(4-2,14-9-6-5-7-10-14)15-11-8-12-16(18)13-15/h5-13H,3-4H2,1-2H3/p+1. The number of phenols is 1. The van der Waals surface area contributed by atoms with Crippen molar-refractivity contribution in [3.05, 3.63) is 54.6 Å². The second-order valence-corrected chi connectivity index (χ2v) is 4.46. The molecule has 0 atom stereocenters. The average molecular weight is 242 g/mol. The van der Waals surface area contributed by atoms with E-state index in [0.29, 0.717) is 5.75 Å². The third-order valence-corrected chi connectivity index (χ3v) is 3.65. The second-order valence-electron chi connectivity index (χ2n) is 4.46. The van der Waals surface area contributed by atoms with Crippen LogP contribution in [0.15, 0.2) is 54.6 Å². The molecule has 0 radical (unpaired) electrons. The predicted molar refractivity (Wildman–Crippen MR) is 77.1 cm³/mol. The van der Waals surface area contributed by atoms with Crippen molar-refractivity contribution in [2.75, 3.05) is 13.1 Å². The van der Waals surface area contributed by atoms with E-state index >= 15 is 0 Å². The number of phenolic OH excluding ortho intramolecular Hbond substituents is 1. The first kappa shape index (κ1) is 12.7. The molecular formula is C16H20NO+. The Morgan fingerprint density at radius 3 is 2.00 bits per heavy atom. The first-order valence-corrected chi connectivity index (χ1v) is 6.45. The highest BCUT2D eigenvalue weighted by atomic mass is 16.3. The Bertz CT molecular complexity index is 504. The van der Waals surface area contributed by atoms with Crippen LogP contribution in [0.25, 0.3) is 0 Å². The van der Waals surface area contributed by atoms with Crippen molar-refractivity contribution in [1.82, 2.24) is 4.48 Å². The third-order valence-electron chi connectivity index (χ3n) is 3.65. The Hall–Kier alpha value is -1.80. The molecule has 0 aliphatic heterocycles. The largest absolute Gasteiger partial charge is 0.508 e. The van der Waals surface area contributed by atoms with Crippen LogP contribution >= 0.6 is 0 Å². The summed E-state index contributed by atoms with van der Waals surface area (Å²) in [5.41, 5.74) is 2.39. The topological polar surface area (TPSA) is 20.2 Å². The van der Waals surface area contributed by atoms with Crippen molar-refractivity contribution in [1.29, 1.82) is 0 Å². The number of para-hydroxylation sites is 1. The molecule has 0 bridgehead atoms. The van der Waals surface area contributed by atoms with E-state index in [1.807, 2.05) is 18.2 Å². The normalized spacial score (nSPS) is 11.4. The van der Waals surface area contributed by atoms with Gasteiger partial charge in [-0.2, -0.15) is 0 Å². The van der Waals surface area contributed by atoms with Crippen LogP contribution in [0.1, 0.15) is 13.8 Å². The van der Waals surface area contributed by atoms with Gasteiger partial charge in [0.15, 0.2) is 0 Å². The number of hydrogen-bond donors (Lipinski definition) is 1. The Kier molecular flexibility index (Phi) is 3.68. The molecule has 0 saturated carbocycles. The maximum Gasteiger partial charge on any atom is 0.141 e. The molecule has 1 N–H and O–H groups in total. The summed E-state index contributed by atoms with van der Waals surface area (Å²) in [6.45, 7) is 6.29. The summed E-state index contributed by atoms with van der Waals surface area (Å²) in [6, 6.07) is 18.0. The van der Waals surface area contributed by atoms with Gasteiger partial charge >= 0.3 is 0 Å². The predicted octanol–water partition coefficient (Wildman–Crippen LogP) is 4.07. The van der Waals surface area contributed by atoms with Gasteiger partial charge in [0.25, 0.3) is 0 Å². The van der Waals surface area contributed by atoms with Gasteiger partial charge in [-0.05, 0) is 38.1 Å². The molecule has 18 heavy (non-hydrogen) atoms. The number of aromatic hydroxyl groups is 1. The van der Waals surface area contributed by atoms with Crippen LogP contribution in [0.4, 0.5) is 11.4 Å². The lowest BCUT2D eigenvalue weighted by Crippen LogP contribution is -2.43. The van der Waals surface area contributed by atoms with Crippen LogP contribution in [0.2, 0.25) is 0 Å². The minimum absolute atomic E-state index is 0.327. The van der Waals surface area contributed by atoms with Crippen LogP contribution in [0, 0.1) is 0 Å². The van der Waals surface area contributed by atoms with Crippen LogP contribution in [-0.4, -0.2) is 18.2 Å². The molecule has 0 aliphatic carbocycles. The minimum atomic E-state index is 0.327. The third kappa shape index (κ3) is 2.12. The van der Waals surface area contributed by atoms with Gasteiger partial charge in [-0.1, -0.05) is 24.3 Å².